The molecule has 3 heterocycles. The average Bonchev–Trinajstić information content (AvgIpc) is 3.00. The second-order valence-corrected chi connectivity index (χ2v) is 6.78. The number of benzene rings is 1. The first kappa shape index (κ1) is 17.3. The maximum atomic E-state index is 11.4. The molecule has 3 N–H and O–H groups in total. The number of aryl methyl sites for hydroxylation is 1. The topological polar surface area (TPSA) is 101 Å². The molecule has 1 fully saturated rings. The molecule has 8 nitrogen and oxygen atoms in total. The van der Waals surface area contributed by atoms with Gasteiger partial charge in [-0.3, -0.25) is 4.90 Å². The largest absolute Gasteiger partial charge is 0.494 e. The predicted molar refractivity (Wildman–Crippen MR) is 103 cm³/mol. The summed E-state index contributed by atoms with van der Waals surface area (Å²) in [6.45, 7) is 6.21. The van der Waals surface area contributed by atoms with Gasteiger partial charge < -0.3 is 15.7 Å². The summed E-state index contributed by atoms with van der Waals surface area (Å²) < 4.78 is 0.994. The molecule has 3 aromatic rings. The first-order valence-electron chi connectivity index (χ1n) is 8.92. The minimum Gasteiger partial charge on any atom is -0.494 e. The lowest BCUT2D eigenvalue weighted by molar-refractivity contribution is 0.247. The van der Waals surface area contributed by atoms with E-state index in [0.717, 1.165) is 37.3 Å². The smallest absolute Gasteiger partial charge is 0.325 e. The van der Waals surface area contributed by atoms with Crippen molar-refractivity contribution in [1.29, 1.82) is 0 Å². The molecule has 0 aliphatic carbocycles. The number of nitrogens with zero attached hydrogens (tertiary/aromatic N) is 5. The molecule has 1 aromatic carbocycles. The number of aromatic nitrogens is 3. The Balaban J connectivity index is 1.51. The molecule has 0 spiro atoms. The summed E-state index contributed by atoms with van der Waals surface area (Å²) in [5.41, 5.74) is 7.73. The van der Waals surface area contributed by atoms with Crippen molar-refractivity contribution in [2.45, 2.75) is 13.5 Å². The van der Waals surface area contributed by atoms with E-state index in [0.29, 0.717) is 22.5 Å². The molecule has 0 saturated carbocycles. The highest BCUT2D eigenvalue weighted by Crippen LogP contribution is 2.29. The number of amides is 1. The van der Waals surface area contributed by atoms with Crippen LogP contribution in [0.15, 0.2) is 36.5 Å². The highest BCUT2D eigenvalue weighted by Gasteiger charge is 2.22. The van der Waals surface area contributed by atoms with Gasteiger partial charge in [0.15, 0.2) is 0 Å². The Morgan fingerprint density at radius 3 is 2.52 bits per heavy atom. The molecule has 1 aliphatic heterocycles. The van der Waals surface area contributed by atoms with E-state index in [2.05, 4.69) is 44.0 Å². The molecule has 0 atom stereocenters. The van der Waals surface area contributed by atoms with Crippen LogP contribution in [0.25, 0.3) is 10.9 Å². The zero-order valence-electron chi connectivity index (χ0n) is 15.2. The highest BCUT2D eigenvalue weighted by atomic mass is 16.3. The van der Waals surface area contributed by atoms with Crippen molar-refractivity contribution in [1.82, 2.24) is 19.4 Å². The molecule has 1 amide bonds. The number of carbonyl (C=O) groups excluding carboxylic acids is 1. The van der Waals surface area contributed by atoms with Crippen LogP contribution in [0.3, 0.4) is 0 Å². The van der Waals surface area contributed by atoms with Crippen LogP contribution >= 0.6 is 0 Å². The fourth-order valence-corrected chi connectivity index (χ4v) is 3.51. The zero-order chi connectivity index (χ0) is 19.0. The van der Waals surface area contributed by atoms with Gasteiger partial charge in [0.2, 0.25) is 11.8 Å². The van der Waals surface area contributed by atoms with E-state index in [-0.39, 0.29) is 5.88 Å². The minimum atomic E-state index is -0.749. The molecule has 0 unspecified atom stereocenters. The van der Waals surface area contributed by atoms with Gasteiger partial charge >= 0.3 is 6.03 Å². The molecule has 1 aliphatic rings. The SMILES string of the molecule is Cc1nc(N2CCN(Cc3ccccc3)CC2)nc2cn(C(N)=O)c(O)c12. The number of rotatable bonds is 3. The molecular weight excluding hydrogens is 344 g/mol. The summed E-state index contributed by atoms with van der Waals surface area (Å²) in [6, 6.07) is 9.68. The molecule has 1 saturated heterocycles. The van der Waals surface area contributed by atoms with Crippen LogP contribution in [0.1, 0.15) is 11.3 Å². The Bertz CT molecular complexity index is 977. The zero-order valence-corrected chi connectivity index (χ0v) is 15.2. The van der Waals surface area contributed by atoms with Crippen LogP contribution in [0.2, 0.25) is 0 Å². The summed E-state index contributed by atoms with van der Waals surface area (Å²) in [6.07, 6.45) is 1.46. The van der Waals surface area contributed by atoms with Crippen molar-refractivity contribution in [2.75, 3.05) is 31.1 Å². The van der Waals surface area contributed by atoms with Crippen LogP contribution in [-0.2, 0) is 6.54 Å². The summed E-state index contributed by atoms with van der Waals surface area (Å²) in [4.78, 5) is 25.1. The molecule has 0 bridgehead atoms. The Labute approximate surface area is 156 Å². The van der Waals surface area contributed by atoms with Gasteiger partial charge in [0.05, 0.1) is 16.6 Å². The maximum absolute atomic E-state index is 11.4. The number of nitrogens with two attached hydrogens (primary N) is 1. The van der Waals surface area contributed by atoms with Gasteiger partial charge in [-0.1, -0.05) is 30.3 Å². The maximum Gasteiger partial charge on any atom is 0.325 e. The van der Waals surface area contributed by atoms with Crippen molar-refractivity contribution in [3.8, 4) is 5.88 Å². The third kappa shape index (κ3) is 3.31. The van der Waals surface area contributed by atoms with Crippen molar-refractivity contribution >= 4 is 22.9 Å². The van der Waals surface area contributed by atoms with Gasteiger partial charge in [-0.15, -0.1) is 0 Å². The van der Waals surface area contributed by atoms with E-state index in [1.807, 2.05) is 6.07 Å². The summed E-state index contributed by atoms with van der Waals surface area (Å²) in [7, 11) is 0. The Kier molecular flexibility index (Phi) is 4.41. The van der Waals surface area contributed by atoms with Crippen LogP contribution in [0, 0.1) is 6.92 Å². The number of anilines is 1. The number of hydrogen-bond acceptors (Lipinski definition) is 6. The third-order valence-electron chi connectivity index (χ3n) is 4.95. The Morgan fingerprint density at radius 2 is 1.85 bits per heavy atom. The number of hydrogen-bond donors (Lipinski definition) is 2. The van der Waals surface area contributed by atoms with E-state index in [1.165, 1.54) is 11.8 Å². The van der Waals surface area contributed by atoms with Gasteiger partial charge in [-0.25, -0.2) is 19.3 Å². The van der Waals surface area contributed by atoms with Gasteiger partial charge in [-0.2, -0.15) is 0 Å². The summed E-state index contributed by atoms with van der Waals surface area (Å²) in [5, 5.41) is 10.6. The number of fused-ring (bicyclic) bond motifs is 1. The first-order chi connectivity index (χ1) is 13.0. The lowest BCUT2D eigenvalue weighted by Crippen LogP contribution is -2.46. The molecular formula is C19H22N6O2. The quantitative estimate of drug-likeness (QED) is 0.732. The summed E-state index contributed by atoms with van der Waals surface area (Å²) in [5.74, 6) is 0.398. The normalized spacial score (nSPS) is 15.4. The van der Waals surface area contributed by atoms with Crippen LogP contribution < -0.4 is 10.6 Å². The molecule has 8 heteroatoms. The number of piperazine rings is 1. The van der Waals surface area contributed by atoms with E-state index >= 15 is 0 Å². The first-order valence-corrected chi connectivity index (χ1v) is 8.92. The second-order valence-electron chi connectivity index (χ2n) is 6.78. The minimum absolute atomic E-state index is 0.214. The van der Waals surface area contributed by atoms with E-state index < -0.39 is 6.03 Å². The van der Waals surface area contributed by atoms with E-state index in [4.69, 9.17) is 5.73 Å². The van der Waals surface area contributed by atoms with Crippen molar-refractivity contribution in [3.05, 3.63) is 47.8 Å². The van der Waals surface area contributed by atoms with E-state index in [1.54, 1.807) is 6.92 Å². The summed E-state index contributed by atoms with van der Waals surface area (Å²) >= 11 is 0. The molecule has 0 radical (unpaired) electrons. The average molecular weight is 366 g/mol. The van der Waals surface area contributed by atoms with Gasteiger partial charge in [0, 0.05) is 38.9 Å². The molecule has 140 valence electrons. The fraction of sp³-hybridized carbons (Fsp3) is 0.316. The van der Waals surface area contributed by atoms with Crippen LogP contribution in [0.4, 0.5) is 10.7 Å². The Morgan fingerprint density at radius 1 is 1.15 bits per heavy atom. The van der Waals surface area contributed by atoms with Crippen molar-refractivity contribution < 1.29 is 9.90 Å². The van der Waals surface area contributed by atoms with Crippen LogP contribution in [-0.4, -0.2) is 56.8 Å². The van der Waals surface area contributed by atoms with Crippen LogP contribution in [0.5, 0.6) is 5.88 Å². The number of primary amides is 1. The molecule has 2 aromatic heterocycles. The molecule has 4 rings (SSSR count). The fourth-order valence-electron chi connectivity index (χ4n) is 3.51. The number of aromatic hydroxyl groups is 1. The van der Waals surface area contributed by atoms with Crippen molar-refractivity contribution in [3.63, 3.8) is 0 Å². The number of carbonyl (C=O) groups is 1. The second kappa shape index (κ2) is 6.88. The molecule has 27 heavy (non-hydrogen) atoms. The van der Waals surface area contributed by atoms with Gasteiger partial charge in [0.25, 0.3) is 0 Å². The van der Waals surface area contributed by atoms with Gasteiger partial charge in [0.1, 0.15) is 0 Å². The predicted octanol–water partition coefficient (Wildman–Crippen LogP) is 1.69. The van der Waals surface area contributed by atoms with E-state index in [9.17, 15) is 9.90 Å². The monoisotopic (exact) mass is 366 g/mol. The Hall–Kier alpha value is -3.13. The van der Waals surface area contributed by atoms with Crippen molar-refractivity contribution in [2.24, 2.45) is 5.73 Å². The third-order valence-corrected chi connectivity index (χ3v) is 4.95. The van der Waals surface area contributed by atoms with Gasteiger partial charge in [-0.05, 0) is 12.5 Å². The lowest BCUT2D eigenvalue weighted by atomic mass is 10.2. The standard InChI is InChI=1S/C19H22N6O2/c1-13-16-15(12-25(17(16)26)18(20)27)22-19(21-13)24-9-7-23(8-10-24)11-14-5-3-2-4-6-14/h2-6,12,26H,7-11H2,1H3,(H2,20,27). The lowest BCUT2D eigenvalue weighted by Gasteiger charge is -2.34. The highest BCUT2D eigenvalue weighted by molar-refractivity contribution is 5.93.